The number of halogens is 2. The molecule has 0 radical (unpaired) electrons. The van der Waals surface area contributed by atoms with Crippen LogP contribution in [0.2, 0.25) is 0 Å². The molecule has 7 nitrogen and oxygen atoms in total. The molecule has 2 aromatic rings. The predicted octanol–water partition coefficient (Wildman–Crippen LogP) is 3.33. The van der Waals surface area contributed by atoms with Crippen molar-refractivity contribution in [2.24, 2.45) is 5.92 Å². The number of fused-ring (bicyclic) bond motifs is 1. The summed E-state index contributed by atoms with van der Waals surface area (Å²) in [7, 11) is 1.61. The van der Waals surface area contributed by atoms with Crippen LogP contribution in [0.1, 0.15) is 38.5 Å². The lowest BCUT2D eigenvalue weighted by atomic mass is 9.84. The van der Waals surface area contributed by atoms with Gasteiger partial charge in [-0.05, 0) is 56.7 Å². The molecule has 1 aliphatic heterocycles. The molecular weight excluding hydrogens is 418 g/mol. The summed E-state index contributed by atoms with van der Waals surface area (Å²) in [6.07, 6.45) is 5.94. The topological polar surface area (TPSA) is 70.8 Å². The molecule has 2 aliphatic rings. The number of amides is 1. The first-order valence-corrected chi connectivity index (χ1v) is 11.5. The highest BCUT2D eigenvalue weighted by Gasteiger charge is 2.26. The van der Waals surface area contributed by atoms with Crippen LogP contribution in [0.4, 0.5) is 14.6 Å². The predicted molar refractivity (Wildman–Crippen MR) is 118 cm³/mol. The molecule has 1 N–H and O–H groups in total. The second kappa shape index (κ2) is 10.6. The second-order valence-corrected chi connectivity index (χ2v) is 8.89. The maximum Gasteiger partial charge on any atom is 0.222 e. The average molecular weight is 451 g/mol. The Morgan fingerprint density at radius 2 is 1.94 bits per heavy atom. The van der Waals surface area contributed by atoms with Crippen LogP contribution in [0.25, 0.3) is 11.0 Å². The summed E-state index contributed by atoms with van der Waals surface area (Å²) in [6.45, 7) is 4.63. The van der Waals surface area contributed by atoms with E-state index in [0.717, 1.165) is 57.8 Å². The van der Waals surface area contributed by atoms with Crippen molar-refractivity contribution >= 4 is 22.7 Å². The van der Waals surface area contributed by atoms with Crippen molar-refractivity contribution in [1.29, 1.82) is 0 Å². The van der Waals surface area contributed by atoms with Gasteiger partial charge in [0.15, 0.2) is 23.0 Å². The van der Waals surface area contributed by atoms with E-state index >= 15 is 0 Å². The molecule has 1 aromatic carbocycles. The number of methoxy groups -OCH3 is 1. The van der Waals surface area contributed by atoms with Crippen LogP contribution in [-0.2, 0) is 9.53 Å². The second-order valence-electron chi connectivity index (χ2n) is 8.89. The fourth-order valence-corrected chi connectivity index (χ4v) is 4.81. The average Bonchev–Trinajstić information content (AvgIpc) is 3.25. The molecule has 1 aromatic heterocycles. The lowest BCUT2D eigenvalue weighted by Gasteiger charge is -2.36. The van der Waals surface area contributed by atoms with E-state index in [1.807, 2.05) is 4.90 Å². The summed E-state index contributed by atoms with van der Waals surface area (Å²) in [4.78, 5) is 16.3. The van der Waals surface area contributed by atoms with E-state index in [2.05, 4.69) is 15.4 Å². The highest BCUT2D eigenvalue weighted by molar-refractivity contribution is 5.89. The molecule has 0 unspecified atom stereocenters. The summed E-state index contributed by atoms with van der Waals surface area (Å²) in [5, 5.41) is 7.25. The van der Waals surface area contributed by atoms with Crippen molar-refractivity contribution in [1.82, 2.24) is 15.4 Å². The normalized spacial score (nSPS) is 22.4. The summed E-state index contributed by atoms with van der Waals surface area (Å²) in [6, 6.07) is 2.77. The molecular formula is C23H32F2N4O3. The van der Waals surface area contributed by atoms with Crippen LogP contribution < -0.4 is 10.2 Å². The Balaban J connectivity index is 1.19. The Morgan fingerprint density at radius 3 is 2.66 bits per heavy atom. The van der Waals surface area contributed by atoms with Gasteiger partial charge in [0, 0.05) is 45.8 Å². The molecule has 1 aliphatic carbocycles. The van der Waals surface area contributed by atoms with Gasteiger partial charge in [0.1, 0.15) is 5.39 Å². The van der Waals surface area contributed by atoms with Crippen LogP contribution >= 0.6 is 0 Å². The van der Waals surface area contributed by atoms with E-state index in [0.29, 0.717) is 43.9 Å². The third-order valence-corrected chi connectivity index (χ3v) is 6.78. The van der Waals surface area contributed by atoms with Crippen molar-refractivity contribution < 1.29 is 22.8 Å². The monoisotopic (exact) mass is 450 g/mol. The number of nitrogens with zero attached hydrogens (tertiary/aromatic N) is 3. The highest BCUT2D eigenvalue weighted by atomic mass is 19.2. The maximum atomic E-state index is 14.3. The van der Waals surface area contributed by atoms with Gasteiger partial charge in [0.25, 0.3) is 0 Å². The fraction of sp³-hybridized carbons (Fsp3) is 0.652. The number of hydrogen-bond donors (Lipinski definition) is 1. The molecule has 2 fully saturated rings. The number of carbonyl (C=O) groups excluding carboxylic acids is 1. The lowest BCUT2D eigenvalue weighted by molar-refractivity contribution is -0.122. The Kier molecular flexibility index (Phi) is 7.57. The number of rotatable bonds is 8. The summed E-state index contributed by atoms with van der Waals surface area (Å²) in [5.41, 5.74) is 0.270. The third kappa shape index (κ3) is 5.38. The minimum Gasteiger partial charge on any atom is -0.384 e. The molecule has 9 heteroatoms. The van der Waals surface area contributed by atoms with E-state index in [1.54, 1.807) is 7.11 Å². The molecule has 1 saturated carbocycles. The molecule has 32 heavy (non-hydrogen) atoms. The number of benzene rings is 1. The first-order chi connectivity index (χ1) is 15.5. The first kappa shape index (κ1) is 22.9. The van der Waals surface area contributed by atoms with Crippen molar-refractivity contribution in [2.75, 3.05) is 51.3 Å². The summed E-state index contributed by atoms with van der Waals surface area (Å²) < 4.78 is 38.1. The van der Waals surface area contributed by atoms with E-state index < -0.39 is 11.6 Å². The Labute approximate surface area is 187 Å². The van der Waals surface area contributed by atoms with Gasteiger partial charge in [-0.2, -0.15) is 0 Å². The number of piperazine rings is 1. The lowest BCUT2D eigenvalue weighted by Crippen LogP contribution is -2.47. The van der Waals surface area contributed by atoms with Gasteiger partial charge in [-0.15, -0.1) is 0 Å². The van der Waals surface area contributed by atoms with E-state index in [-0.39, 0.29) is 16.9 Å². The molecule has 1 amide bonds. The minimum atomic E-state index is -0.897. The number of hydrogen-bond acceptors (Lipinski definition) is 6. The molecule has 4 rings (SSSR count). The summed E-state index contributed by atoms with van der Waals surface area (Å²) in [5.74, 6) is -0.619. The summed E-state index contributed by atoms with van der Waals surface area (Å²) >= 11 is 0. The van der Waals surface area contributed by atoms with E-state index in [9.17, 15) is 13.6 Å². The van der Waals surface area contributed by atoms with Crippen LogP contribution in [-0.4, -0.2) is 68.4 Å². The van der Waals surface area contributed by atoms with Crippen molar-refractivity contribution in [3.63, 3.8) is 0 Å². The van der Waals surface area contributed by atoms with Gasteiger partial charge < -0.3 is 19.5 Å². The van der Waals surface area contributed by atoms with Gasteiger partial charge in [-0.1, -0.05) is 5.16 Å². The van der Waals surface area contributed by atoms with Crippen LogP contribution in [0.15, 0.2) is 16.7 Å². The molecule has 1 saturated heterocycles. The van der Waals surface area contributed by atoms with Gasteiger partial charge in [-0.3, -0.25) is 9.69 Å². The molecule has 0 bridgehead atoms. The van der Waals surface area contributed by atoms with Crippen molar-refractivity contribution in [2.45, 2.75) is 44.6 Å². The first-order valence-electron chi connectivity index (χ1n) is 11.5. The Morgan fingerprint density at radius 1 is 1.19 bits per heavy atom. The van der Waals surface area contributed by atoms with E-state index in [4.69, 9.17) is 9.26 Å². The van der Waals surface area contributed by atoms with E-state index in [1.165, 1.54) is 6.07 Å². The Hall–Kier alpha value is -2.26. The number of anilines is 1. The quantitative estimate of drug-likeness (QED) is 0.665. The minimum absolute atomic E-state index is 0.0793. The van der Waals surface area contributed by atoms with Gasteiger partial charge in [-0.25, -0.2) is 8.78 Å². The zero-order valence-corrected chi connectivity index (χ0v) is 18.6. The van der Waals surface area contributed by atoms with Crippen LogP contribution in [0.3, 0.4) is 0 Å². The standard InChI is InChI=1S/C23H32F2N4O3/c1-31-15-9-20(30)26-17-4-2-16(3-5-17)8-10-28-11-13-29(14-12-28)23-21-19(32-27-23)7-6-18(24)22(21)25/h6-7,16-17H,2-5,8-15H2,1H3,(H,26,30)/t16-,17-. The largest absolute Gasteiger partial charge is 0.384 e. The molecule has 0 atom stereocenters. The van der Waals surface area contributed by atoms with Crippen LogP contribution in [0.5, 0.6) is 0 Å². The highest BCUT2D eigenvalue weighted by Crippen LogP contribution is 2.31. The number of carbonyl (C=O) groups is 1. The van der Waals surface area contributed by atoms with Crippen molar-refractivity contribution in [3.05, 3.63) is 23.8 Å². The Bertz CT molecular complexity index is 906. The van der Waals surface area contributed by atoms with Gasteiger partial charge in [0.05, 0.1) is 6.61 Å². The molecule has 0 spiro atoms. The number of ether oxygens (including phenoxy) is 1. The molecule has 176 valence electrons. The van der Waals surface area contributed by atoms with Gasteiger partial charge >= 0.3 is 0 Å². The SMILES string of the molecule is COCCC(=O)N[C@H]1CC[C@H](CCN2CCN(c3noc4ccc(F)c(F)c34)CC2)CC1. The number of aromatic nitrogens is 1. The molecule has 2 heterocycles. The fourth-order valence-electron chi connectivity index (χ4n) is 4.81. The van der Waals surface area contributed by atoms with Gasteiger partial charge in [0.2, 0.25) is 5.91 Å². The zero-order valence-electron chi connectivity index (χ0n) is 18.6. The number of nitrogens with one attached hydrogen (secondary N) is 1. The van der Waals surface area contributed by atoms with Crippen molar-refractivity contribution in [3.8, 4) is 0 Å². The maximum absolute atomic E-state index is 14.3. The van der Waals surface area contributed by atoms with Crippen LogP contribution in [0, 0.1) is 17.6 Å². The third-order valence-electron chi connectivity index (χ3n) is 6.78. The zero-order chi connectivity index (χ0) is 22.5. The smallest absolute Gasteiger partial charge is 0.222 e.